The van der Waals surface area contributed by atoms with Gasteiger partial charge < -0.3 is 10.1 Å². The van der Waals surface area contributed by atoms with Crippen LogP contribution in [0.5, 0.6) is 5.75 Å². The minimum atomic E-state index is -2.80. The summed E-state index contributed by atoms with van der Waals surface area (Å²) in [5.41, 5.74) is 2.14. The lowest BCUT2D eigenvalue weighted by atomic mass is 9.98. The summed E-state index contributed by atoms with van der Waals surface area (Å²) in [7, 11) is 0. The smallest absolute Gasteiger partial charge is 0.387 e. The predicted molar refractivity (Wildman–Crippen MR) is 79.6 cm³/mol. The largest absolute Gasteiger partial charge is 0.435 e. The van der Waals surface area contributed by atoms with Gasteiger partial charge in [-0.25, -0.2) is 0 Å². The van der Waals surface area contributed by atoms with E-state index in [-0.39, 0.29) is 11.8 Å². The molecule has 1 atom stereocenters. The maximum absolute atomic E-state index is 12.3. The van der Waals surface area contributed by atoms with Crippen LogP contribution in [0.2, 0.25) is 0 Å². The topological polar surface area (TPSA) is 21.3 Å². The van der Waals surface area contributed by atoms with Gasteiger partial charge in [-0.15, -0.1) is 0 Å². The molecule has 0 aliphatic carbocycles. The SMILES string of the molecule is CCNC(Cc1ccccc1)c1cccc(OC(F)F)c1. The Kier molecular flexibility index (Phi) is 5.69. The van der Waals surface area contributed by atoms with Gasteiger partial charge in [-0.3, -0.25) is 0 Å². The molecule has 112 valence electrons. The monoisotopic (exact) mass is 291 g/mol. The molecule has 0 heterocycles. The highest BCUT2D eigenvalue weighted by molar-refractivity contribution is 5.32. The molecule has 0 saturated carbocycles. The molecule has 2 rings (SSSR count). The van der Waals surface area contributed by atoms with E-state index in [0.29, 0.717) is 0 Å². The van der Waals surface area contributed by atoms with E-state index in [1.807, 2.05) is 31.2 Å². The number of ether oxygens (including phenoxy) is 1. The number of benzene rings is 2. The second kappa shape index (κ2) is 7.74. The van der Waals surface area contributed by atoms with Gasteiger partial charge in [-0.2, -0.15) is 8.78 Å². The van der Waals surface area contributed by atoms with E-state index in [4.69, 9.17) is 0 Å². The van der Waals surface area contributed by atoms with Gasteiger partial charge in [0, 0.05) is 6.04 Å². The van der Waals surface area contributed by atoms with Crippen molar-refractivity contribution in [2.24, 2.45) is 0 Å². The molecule has 0 aliphatic rings. The van der Waals surface area contributed by atoms with Crippen molar-refractivity contribution in [3.63, 3.8) is 0 Å². The molecule has 0 amide bonds. The van der Waals surface area contributed by atoms with Gasteiger partial charge in [0.2, 0.25) is 0 Å². The Hall–Kier alpha value is -1.94. The summed E-state index contributed by atoms with van der Waals surface area (Å²) in [4.78, 5) is 0. The summed E-state index contributed by atoms with van der Waals surface area (Å²) < 4.78 is 29.1. The Bertz CT molecular complexity index is 545. The highest BCUT2D eigenvalue weighted by atomic mass is 19.3. The molecule has 1 N–H and O–H groups in total. The number of halogens is 2. The van der Waals surface area contributed by atoms with E-state index >= 15 is 0 Å². The van der Waals surface area contributed by atoms with Crippen LogP contribution in [-0.4, -0.2) is 13.2 Å². The first-order chi connectivity index (χ1) is 10.2. The molecule has 0 radical (unpaired) electrons. The van der Waals surface area contributed by atoms with Crippen LogP contribution in [0.1, 0.15) is 24.1 Å². The third-order valence-corrected chi connectivity index (χ3v) is 3.22. The lowest BCUT2D eigenvalue weighted by Gasteiger charge is -2.19. The van der Waals surface area contributed by atoms with Crippen LogP contribution < -0.4 is 10.1 Å². The number of hydrogen-bond donors (Lipinski definition) is 1. The van der Waals surface area contributed by atoms with Gasteiger partial charge in [-0.05, 0) is 36.2 Å². The molecule has 2 aromatic rings. The van der Waals surface area contributed by atoms with Crippen LogP contribution in [0.3, 0.4) is 0 Å². The molecule has 4 heteroatoms. The van der Waals surface area contributed by atoms with Crippen molar-refractivity contribution in [2.75, 3.05) is 6.54 Å². The first-order valence-electron chi connectivity index (χ1n) is 7.01. The minimum Gasteiger partial charge on any atom is -0.435 e. The number of rotatable bonds is 7. The van der Waals surface area contributed by atoms with Crippen molar-refractivity contribution in [3.8, 4) is 5.75 Å². The van der Waals surface area contributed by atoms with Gasteiger partial charge >= 0.3 is 6.61 Å². The Morgan fingerprint density at radius 3 is 2.48 bits per heavy atom. The third kappa shape index (κ3) is 4.83. The quantitative estimate of drug-likeness (QED) is 0.826. The molecule has 2 nitrogen and oxygen atoms in total. The van der Waals surface area contributed by atoms with Crippen molar-refractivity contribution in [2.45, 2.75) is 26.0 Å². The van der Waals surface area contributed by atoms with E-state index in [1.165, 1.54) is 5.56 Å². The Morgan fingerprint density at radius 1 is 1.05 bits per heavy atom. The van der Waals surface area contributed by atoms with E-state index in [1.54, 1.807) is 18.2 Å². The van der Waals surface area contributed by atoms with Crippen LogP contribution in [0.4, 0.5) is 8.78 Å². The second-order valence-corrected chi connectivity index (χ2v) is 4.75. The van der Waals surface area contributed by atoms with Crippen molar-refractivity contribution in [1.82, 2.24) is 5.32 Å². The maximum atomic E-state index is 12.3. The molecule has 0 saturated heterocycles. The van der Waals surface area contributed by atoms with E-state index in [9.17, 15) is 8.78 Å². The fraction of sp³-hybridized carbons (Fsp3) is 0.294. The highest BCUT2D eigenvalue weighted by Gasteiger charge is 2.13. The molecular weight excluding hydrogens is 272 g/mol. The van der Waals surface area contributed by atoms with Crippen molar-refractivity contribution in [1.29, 1.82) is 0 Å². The molecule has 0 bridgehead atoms. The summed E-state index contributed by atoms with van der Waals surface area (Å²) in [6, 6.07) is 17.0. The summed E-state index contributed by atoms with van der Waals surface area (Å²) in [5.74, 6) is 0.193. The van der Waals surface area contributed by atoms with Crippen LogP contribution in [0.25, 0.3) is 0 Å². The van der Waals surface area contributed by atoms with Gasteiger partial charge in [0.1, 0.15) is 5.75 Å². The standard InChI is InChI=1S/C17H19F2NO/c1-2-20-16(11-13-7-4-3-5-8-13)14-9-6-10-15(12-14)21-17(18)19/h3-10,12,16-17,20H,2,11H2,1H3. The normalized spacial score (nSPS) is 12.4. The fourth-order valence-corrected chi connectivity index (χ4v) is 2.31. The van der Waals surface area contributed by atoms with E-state index in [0.717, 1.165) is 18.5 Å². The van der Waals surface area contributed by atoms with E-state index in [2.05, 4.69) is 22.2 Å². The van der Waals surface area contributed by atoms with Crippen molar-refractivity contribution < 1.29 is 13.5 Å². The lowest BCUT2D eigenvalue weighted by Crippen LogP contribution is -2.23. The number of alkyl halides is 2. The van der Waals surface area contributed by atoms with Gasteiger partial charge in [-0.1, -0.05) is 49.4 Å². The van der Waals surface area contributed by atoms with Crippen LogP contribution >= 0.6 is 0 Å². The maximum Gasteiger partial charge on any atom is 0.387 e. The van der Waals surface area contributed by atoms with Crippen molar-refractivity contribution >= 4 is 0 Å². The molecule has 0 fully saturated rings. The first kappa shape index (κ1) is 15.4. The zero-order chi connectivity index (χ0) is 15.1. The number of nitrogens with one attached hydrogen (secondary N) is 1. The van der Waals surface area contributed by atoms with E-state index < -0.39 is 6.61 Å². The third-order valence-electron chi connectivity index (χ3n) is 3.22. The molecule has 2 aromatic carbocycles. The van der Waals surface area contributed by atoms with Crippen LogP contribution in [0.15, 0.2) is 54.6 Å². The number of likely N-dealkylation sites (N-methyl/N-ethyl adjacent to an activating group) is 1. The lowest BCUT2D eigenvalue weighted by molar-refractivity contribution is -0.0499. The fourth-order valence-electron chi connectivity index (χ4n) is 2.31. The van der Waals surface area contributed by atoms with Crippen molar-refractivity contribution in [3.05, 3.63) is 65.7 Å². The Labute approximate surface area is 123 Å². The molecule has 0 aliphatic heterocycles. The predicted octanol–water partition coefficient (Wildman–Crippen LogP) is 4.18. The first-order valence-corrected chi connectivity index (χ1v) is 7.01. The minimum absolute atomic E-state index is 0.0682. The molecule has 21 heavy (non-hydrogen) atoms. The number of hydrogen-bond acceptors (Lipinski definition) is 2. The average Bonchev–Trinajstić information content (AvgIpc) is 2.47. The molecular formula is C17H19F2NO. The molecule has 0 aromatic heterocycles. The Balaban J connectivity index is 2.17. The summed E-state index contributed by atoms with van der Waals surface area (Å²) in [6.07, 6.45) is 0.798. The van der Waals surface area contributed by atoms with Gasteiger partial charge in [0.05, 0.1) is 0 Å². The molecule has 1 unspecified atom stereocenters. The van der Waals surface area contributed by atoms with Crippen LogP contribution in [0, 0.1) is 0 Å². The molecule has 0 spiro atoms. The zero-order valence-corrected chi connectivity index (χ0v) is 11.9. The second-order valence-electron chi connectivity index (χ2n) is 4.75. The summed E-state index contributed by atoms with van der Waals surface area (Å²) >= 11 is 0. The zero-order valence-electron chi connectivity index (χ0n) is 11.9. The summed E-state index contributed by atoms with van der Waals surface area (Å²) in [5, 5.41) is 3.38. The highest BCUT2D eigenvalue weighted by Crippen LogP contribution is 2.23. The average molecular weight is 291 g/mol. The summed E-state index contributed by atoms with van der Waals surface area (Å²) in [6.45, 7) is 0.0292. The Morgan fingerprint density at radius 2 is 1.81 bits per heavy atom. The van der Waals surface area contributed by atoms with Gasteiger partial charge in [0.15, 0.2) is 0 Å². The van der Waals surface area contributed by atoms with Gasteiger partial charge in [0.25, 0.3) is 0 Å². The van der Waals surface area contributed by atoms with Crippen LogP contribution in [-0.2, 0) is 6.42 Å².